The molecule has 1 saturated heterocycles. The zero-order valence-electron chi connectivity index (χ0n) is 14.8. The average Bonchev–Trinajstić information content (AvgIpc) is 2.91. The highest BCUT2D eigenvalue weighted by atomic mass is 16.4. The van der Waals surface area contributed by atoms with E-state index in [9.17, 15) is 19.2 Å². The summed E-state index contributed by atoms with van der Waals surface area (Å²) in [5, 5.41) is 8.97. The highest BCUT2D eigenvalue weighted by Crippen LogP contribution is 2.38. The van der Waals surface area contributed by atoms with Crippen LogP contribution in [0.1, 0.15) is 33.9 Å². The molecule has 2 aromatic rings. The van der Waals surface area contributed by atoms with Gasteiger partial charge in [0.05, 0.1) is 12.5 Å². The number of carboxylic acids is 1. The molecule has 0 spiro atoms. The minimum absolute atomic E-state index is 0.128. The van der Waals surface area contributed by atoms with Gasteiger partial charge < -0.3 is 10.0 Å². The van der Waals surface area contributed by atoms with E-state index in [0.717, 1.165) is 5.56 Å². The molecule has 6 nitrogen and oxygen atoms in total. The number of hydrogen-bond donors (Lipinski definition) is 1. The Balaban J connectivity index is 2.02. The van der Waals surface area contributed by atoms with Crippen molar-refractivity contribution in [3.05, 3.63) is 71.3 Å². The molecule has 1 amide bonds. The summed E-state index contributed by atoms with van der Waals surface area (Å²) in [6.45, 7) is 1.76. The molecular formula is C21H19NO5. The topological polar surface area (TPSA) is 91.8 Å². The molecule has 2 aromatic carbocycles. The molecule has 0 bridgehead atoms. The summed E-state index contributed by atoms with van der Waals surface area (Å²) >= 11 is 0. The molecule has 0 aliphatic carbocycles. The first kappa shape index (κ1) is 18.5. The lowest BCUT2D eigenvalue weighted by molar-refractivity contribution is -0.142. The second kappa shape index (κ2) is 7.53. The fourth-order valence-corrected chi connectivity index (χ4v) is 3.36. The lowest BCUT2D eigenvalue weighted by Crippen LogP contribution is -2.32. The zero-order chi connectivity index (χ0) is 19.6. The Bertz CT molecular complexity index is 889. The zero-order valence-corrected chi connectivity index (χ0v) is 14.8. The molecule has 0 saturated carbocycles. The minimum Gasteiger partial charge on any atom is -0.481 e. The van der Waals surface area contributed by atoms with Crippen molar-refractivity contribution in [3.8, 4) is 0 Å². The molecule has 3 rings (SSSR count). The van der Waals surface area contributed by atoms with Gasteiger partial charge in [-0.15, -0.1) is 0 Å². The number of rotatable bonds is 6. The summed E-state index contributed by atoms with van der Waals surface area (Å²) in [6, 6.07) is 14.8. The molecule has 0 radical (unpaired) electrons. The Hall–Kier alpha value is -3.28. The van der Waals surface area contributed by atoms with Crippen LogP contribution >= 0.6 is 0 Å². The molecule has 1 heterocycles. The van der Waals surface area contributed by atoms with Gasteiger partial charge in [-0.05, 0) is 12.5 Å². The van der Waals surface area contributed by atoms with Crippen LogP contribution in [0.15, 0.2) is 54.6 Å². The predicted octanol–water partition coefficient (Wildman–Crippen LogP) is 2.42. The van der Waals surface area contributed by atoms with Crippen LogP contribution in [0.4, 0.5) is 0 Å². The van der Waals surface area contributed by atoms with Crippen LogP contribution < -0.4 is 0 Å². The number of nitrogens with zero attached hydrogens (tertiary/aromatic N) is 1. The van der Waals surface area contributed by atoms with Crippen LogP contribution in [0.2, 0.25) is 0 Å². The van der Waals surface area contributed by atoms with E-state index in [0.29, 0.717) is 11.1 Å². The Morgan fingerprint density at radius 2 is 1.63 bits per heavy atom. The second-order valence-corrected chi connectivity index (χ2v) is 6.57. The van der Waals surface area contributed by atoms with Crippen molar-refractivity contribution in [1.29, 1.82) is 0 Å². The Morgan fingerprint density at radius 1 is 1.00 bits per heavy atom. The SMILES string of the molecule is Cc1ccc(C(=O)C2C(=O)C(=O)N(CCC(=O)O)C2c2ccccc2)cc1. The van der Waals surface area contributed by atoms with E-state index in [1.54, 1.807) is 54.6 Å². The number of aryl methyl sites for hydroxylation is 1. The van der Waals surface area contributed by atoms with Gasteiger partial charge in [-0.1, -0.05) is 60.2 Å². The number of carboxylic acid groups (broad SMARTS) is 1. The van der Waals surface area contributed by atoms with Crippen molar-refractivity contribution in [1.82, 2.24) is 4.90 Å². The Labute approximate surface area is 156 Å². The summed E-state index contributed by atoms with van der Waals surface area (Å²) in [6.07, 6.45) is -0.298. The molecule has 0 aromatic heterocycles. The Morgan fingerprint density at radius 3 is 2.22 bits per heavy atom. The molecule has 1 fully saturated rings. The maximum absolute atomic E-state index is 13.1. The molecule has 6 heteroatoms. The van der Waals surface area contributed by atoms with E-state index in [4.69, 9.17) is 5.11 Å². The van der Waals surface area contributed by atoms with Gasteiger partial charge in [0.1, 0.15) is 5.92 Å². The smallest absolute Gasteiger partial charge is 0.305 e. The molecule has 27 heavy (non-hydrogen) atoms. The summed E-state index contributed by atoms with van der Waals surface area (Å²) in [5.41, 5.74) is 1.96. The van der Waals surface area contributed by atoms with Crippen molar-refractivity contribution < 1.29 is 24.3 Å². The summed E-state index contributed by atoms with van der Waals surface area (Å²) in [5.74, 6) is -4.29. The van der Waals surface area contributed by atoms with Gasteiger partial charge in [-0.2, -0.15) is 0 Å². The van der Waals surface area contributed by atoms with Crippen LogP contribution in [-0.2, 0) is 14.4 Å². The summed E-state index contributed by atoms with van der Waals surface area (Å²) in [4.78, 5) is 50.4. The lowest BCUT2D eigenvalue weighted by Gasteiger charge is -2.26. The molecule has 138 valence electrons. The van der Waals surface area contributed by atoms with Gasteiger partial charge in [-0.25, -0.2) is 0 Å². The fourth-order valence-electron chi connectivity index (χ4n) is 3.36. The van der Waals surface area contributed by atoms with Crippen LogP contribution in [0.3, 0.4) is 0 Å². The van der Waals surface area contributed by atoms with Gasteiger partial charge >= 0.3 is 5.97 Å². The van der Waals surface area contributed by atoms with Crippen LogP contribution in [0, 0.1) is 12.8 Å². The van der Waals surface area contributed by atoms with E-state index in [1.807, 2.05) is 6.92 Å². The molecule has 1 aliphatic heterocycles. The number of amides is 1. The monoisotopic (exact) mass is 365 g/mol. The first-order chi connectivity index (χ1) is 12.9. The molecule has 1 aliphatic rings. The van der Waals surface area contributed by atoms with Gasteiger partial charge in [-0.3, -0.25) is 19.2 Å². The number of aliphatic carboxylic acids is 1. The first-order valence-corrected chi connectivity index (χ1v) is 8.62. The number of carbonyl (C=O) groups excluding carboxylic acids is 3. The highest BCUT2D eigenvalue weighted by Gasteiger charge is 2.51. The second-order valence-electron chi connectivity index (χ2n) is 6.57. The average molecular weight is 365 g/mol. The van der Waals surface area contributed by atoms with Gasteiger partial charge in [0.25, 0.3) is 5.91 Å². The van der Waals surface area contributed by atoms with Crippen molar-refractivity contribution in [2.24, 2.45) is 5.92 Å². The quantitative estimate of drug-likeness (QED) is 0.482. The normalized spacial score (nSPS) is 19.4. The first-order valence-electron chi connectivity index (χ1n) is 8.62. The van der Waals surface area contributed by atoms with Crippen LogP contribution in [-0.4, -0.2) is 40.0 Å². The van der Waals surface area contributed by atoms with Crippen LogP contribution in [0.25, 0.3) is 0 Å². The van der Waals surface area contributed by atoms with Crippen molar-refractivity contribution in [3.63, 3.8) is 0 Å². The van der Waals surface area contributed by atoms with Crippen LogP contribution in [0.5, 0.6) is 0 Å². The van der Waals surface area contributed by atoms with Crippen molar-refractivity contribution in [2.75, 3.05) is 6.54 Å². The highest BCUT2D eigenvalue weighted by molar-refractivity contribution is 6.44. The third-order valence-electron chi connectivity index (χ3n) is 4.73. The van der Waals surface area contributed by atoms with Crippen molar-refractivity contribution >= 4 is 23.4 Å². The maximum Gasteiger partial charge on any atom is 0.305 e. The van der Waals surface area contributed by atoms with E-state index in [-0.39, 0.29) is 13.0 Å². The van der Waals surface area contributed by atoms with E-state index in [1.165, 1.54) is 4.90 Å². The molecule has 1 N–H and O–H groups in total. The van der Waals surface area contributed by atoms with Crippen molar-refractivity contribution in [2.45, 2.75) is 19.4 Å². The predicted molar refractivity (Wildman–Crippen MR) is 97.2 cm³/mol. The van der Waals surface area contributed by atoms with Gasteiger partial charge in [0.2, 0.25) is 5.78 Å². The number of likely N-dealkylation sites (tertiary alicyclic amines) is 1. The number of hydrogen-bond acceptors (Lipinski definition) is 4. The maximum atomic E-state index is 13.1. The number of Topliss-reactive ketones (excluding diaryl/α,β-unsaturated/α-hetero) is 2. The van der Waals surface area contributed by atoms with E-state index in [2.05, 4.69) is 0 Å². The summed E-state index contributed by atoms with van der Waals surface area (Å²) < 4.78 is 0. The molecule has 2 unspecified atom stereocenters. The van der Waals surface area contributed by atoms with E-state index >= 15 is 0 Å². The third kappa shape index (κ3) is 3.65. The molecule has 2 atom stereocenters. The fraction of sp³-hybridized carbons (Fsp3) is 0.238. The Kier molecular flexibility index (Phi) is 5.16. The number of ketones is 2. The van der Waals surface area contributed by atoms with Gasteiger partial charge in [0, 0.05) is 12.1 Å². The lowest BCUT2D eigenvalue weighted by atomic mass is 9.86. The number of benzene rings is 2. The standard InChI is InChI=1S/C21H19NO5/c1-13-7-9-15(10-8-13)19(25)17-18(14-5-3-2-4-6-14)22(12-11-16(23)24)21(27)20(17)26/h2-10,17-18H,11-12H2,1H3,(H,23,24). The largest absolute Gasteiger partial charge is 0.481 e. The minimum atomic E-state index is -1.18. The summed E-state index contributed by atoms with van der Waals surface area (Å²) in [7, 11) is 0. The third-order valence-corrected chi connectivity index (χ3v) is 4.73. The number of carbonyl (C=O) groups is 4. The van der Waals surface area contributed by atoms with Gasteiger partial charge in [0.15, 0.2) is 5.78 Å². The van der Waals surface area contributed by atoms with E-state index < -0.39 is 35.4 Å². The molecular weight excluding hydrogens is 346 g/mol.